The Balaban J connectivity index is 2.13. The number of hydrogen-bond donors (Lipinski definition) is 2. The molecule has 0 aliphatic heterocycles. The van der Waals surface area contributed by atoms with Crippen LogP contribution in [-0.4, -0.2) is 25.4 Å². The van der Waals surface area contributed by atoms with Crippen LogP contribution in [0.4, 0.5) is 5.69 Å². The Morgan fingerprint density at radius 3 is 2.67 bits per heavy atom. The maximum Gasteiger partial charge on any atom is 0.144 e. The van der Waals surface area contributed by atoms with Gasteiger partial charge in [0.2, 0.25) is 0 Å². The summed E-state index contributed by atoms with van der Waals surface area (Å²) < 4.78 is 5.40. The maximum atomic E-state index is 9.45. The highest BCUT2D eigenvalue weighted by molar-refractivity contribution is 6.31. The van der Waals surface area contributed by atoms with Crippen LogP contribution in [0.1, 0.15) is 24.8 Å². The van der Waals surface area contributed by atoms with E-state index < -0.39 is 0 Å². The first kappa shape index (κ1) is 13.5. The van der Waals surface area contributed by atoms with Gasteiger partial charge < -0.3 is 15.2 Å². The summed E-state index contributed by atoms with van der Waals surface area (Å²) in [6, 6.07) is 3.76. The number of halogens is 1. The summed E-state index contributed by atoms with van der Waals surface area (Å²) in [4.78, 5) is 0. The summed E-state index contributed by atoms with van der Waals surface area (Å²) in [5.41, 5.74) is 1.96. The lowest BCUT2D eigenvalue weighted by atomic mass is 9.69. The average molecular weight is 270 g/mol. The summed E-state index contributed by atoms with van der Waals surface area (Å²) in [6.45, 7) is 2.97. The van der Waals surface area contributed by atoms with E-state index >= 15 is 0 Å². The van der Waals surface area contributed by atoms with Gasteiger partial charge in [0, 0.05) is 17.0 Å². The van der Waals surface area contributed by atoms with Gasteiger partial charge in [-0.2, -0.15) is 0 Å². The van der Waals surface area contributed by atoms with E-state index in [1.54, 1.807) is 7.11 Å². The Hall–Kier alpha value is -0.930. The van der Waals surface area contributed by atoms with Gasteiger partial charge in [-0.3, -0.25) is 0 Å². The summed E-state index contributed by atoms with van der Waals surface area (Å²) in [6.07, 6.45) is 3.37. The second-order valence-corrected chi connectivity index (χ2v) is 5.61. The van der Waals surface area contributed by atoms with Crippen molar-refractivity contribution >= 4 is 17.3 Å². The van der Waals surface area contributed by atoms with Crippen molar-refractivity contribution in [1.82, 2.24) is 0 Å². The molecule has 0 atom stereocenters. The zero-order chi connectivity index (χ0) is 13.2. The number of aryl methyl sites for hydroxylation is 1. The highest BCUT2D eigenvalue weighted by Gasteiger charge is 2.36. The molecule has 3 nitrogen and oxygen atoms in total. The van der Waals surface area contributed by atoms with E-state index in [0.29, 0.717) is 5.02 Å². The highest BCUT2D eigenvalue weighted by Crippen LogP contribution is 2.41. The van der Waals surface area contributed by atoms with E-state index in [2.05, 4.69) is 5.32 Å². The molecule has 4 heteroatoms. The molecule has 0 spiro atoms. The monoisotopic (exact) mass is 269 g/mol. The Kier molecular flexibility index (Phi) is 4.03. The van der Waals surface area contributed by atoms with E-state index in [9.17, 15) is 5.11 Å². The van der Waals surface area contributed by atoms with Crippen LogP contribution in [0.25, 0.3) is 0 Å². The number of methoxy groups -OCH3 is 1. The summed E-state index contributed by atoms with van der Waals surface area (Å²) >= 11 is 6.07. The standard InChI is InChI=1S/C14H20ClNO2/c1-10-6-11(15)7-12(13(10)18-2)16-8-14(9-17)4-3-5-14/h6-7,16-17H,3-5,8-9H2,1-2H3. The van der Waals surface area contributed by atoms with Crippen molar-refractivity contribution < 1.29 is 9.84 Å². The van der Waals surface area contributed by atoms with Gasteiger partial charge in [-0.05, 0) is 37.5 Å². The number of ether oxygens (including phenoxy) is 1. The number of benzene rings is 1. The van der Waals surface area contributed by atoms with Crippen molar-refractivity contribution in [1.29, 1.82) is 0 Å². The van der Waals surface area contributed by atoms with Crippen molar-refractivity contribution in [2.75, 3.05) is 25.6 Å². The van der Waals surface area contributed by atoms with E-state index in [-0.39, 0.29) is 12.0 Å². The molecule has 100 valence electrons. The van der Waals surface area contributed by atoms with E-state index in [0.717, 1.165) is 36.4 Å². The number of nitrogens with one attached hydrogen (secondary N) is 1. The predicted octanol–water partition coefficient (Wildman–Crippen LogP) is 3.23. The third-order valence-electron chi connectivity index (χ3n) is 3.85. The maximum absolute atomic E-state index is 9.45. The SMILES string of the molecule is COc1c(C)cc(Cl)cc1NCC1(CO)CCC1. The Morgan fingerprint density at radius 1 is 1.44 bits per heavy atom. The predicted molar refractivity (Wildman–Crippen MR) is 74.6 cm³/mol. The number of hydrogen-bond acceptors (Lipinski definition) is 3. The van der Waals surface area contributed by atoms with Gasteiger partial charge in [0.1, 0.15) is 5.75 Å². The van der Waals surface area contributed by atoms with Crippen LogP contribution in [0.2, 0.25) is 5.02 Å². The number of rotatable bonds is 5. The van der Waals surface area contributed by atoms with Gasteiger partial charge in [0.25, 0.3) is 0 Å². The zero-order valence-electron chi connectivity index (χ0n) is 10.9. The van der Waals surface area contributed by atoms with Crippen molar-refractivity contribution in [2.24, 2.45) is 5.41 Å². The molecule has 0 saturated heterocycles. The average Bonchev–Trinajstić information content (AvgIpc) is 2.27. The van der Waals surface area contributed by atoms with Gasteiger partial charge in [0.15, 0.2) is 0 Å². The molecular weight excluding hydrogens is 250 g/mol. The van der Waals surface area contributed by atoms with Crippen LogP contribution >= 0.6 is 11.6 Å². The molecule has 1 aliphatic rings. The normalized spacial score (nSPS) is 17.1. The first-order chi connectivity index (χ1) is 8.60. The van der Waals surface area contributed by atoms with Crippen molar-refractivity contribution in [3.05, 3.63) is 22.7 Å². The second kappa shape index (κ2) is 5.37. The summed E-state index contributed by atoms with van der Waals surface area (Å²) in [5, 5.41) is 13.5. The Labute approximate surface area is 113 Å². The van der Waals surface area contributed by atoms with Gasteiger partial charge in [-0.25, -0.2) is 0 Å². The van der Waals surface area contributed by atoms with Crippen molar-refractivity contribution in [2.45, 2.75) is 26.2 Å². The molecule has 0 radical (unpaired) electrons. The van der Waals surface area contributed by atoms with Crippen LogP contribution in [0.5, 0.6) is 5.75 Å². The van der Waals surface area contributed by atoms with Gasteiger partial charge >= 0.3 is 0 Å². The number of anilines is 1. The third kappa shape index (κ3) is 2.57. The molecule has 18 heavy (non-hydrogen) atoms. The number of aliphatic hydroxyl groups is 1. The molecule has 0 bridgehead atoms. The molecule has 1 aromatic rings. The fraction of sp³-hybridized carbons (Fsp3) is 0.571. The minimum absolute atomic E-state index is 0.0429. The molecule has 1 fully saturated rings. The minimum Gasteiger partial charge on any atom is -0.494 e. The minimum atomic E-state index is 0.0429. The fourth-order valence-corrected chi connectivity index (χ4v) is 2.76. The molecule has 2 rings (SSSR count). The lowest BCUT2D eigenvalue weighted by Gasteiger charge is -2.40. The molecular formula is C14H20ClNO2. The van der Waals surface area contributed by atoms with Gasteiger partial charge in [0.05, 0.1) is 19.4 Å². The fourth-order valence-electron chi connectivity index (χ4n) is 2.48. The molecule has 0 heterocycles. The third-order valence-corrected chi connectivity index (χ3v) is 4.07. The van der Waals surface area contributed by atoms with Crippen LogP contribution in [0.3, 0.4) is 0 Å². The molecule has 0 unspecified atom stereocenters. The van der Waals surface area contributed by atoms with Gasteiger partial charge in [-0.1, -0.05) is 18.0 Å². The first-order valence-corrected chi connectivity index (χ1v) is 6.67. The Morgan fingerprint density at radius 2 is 2.17 bits per heavy atom. The largest absolute Gasteiger partial charge is 0.494 e. The van der Waals surface area contributed by atoms with Crippen LogP contribution in [0.15, 0.2) is 12.1 Å². The Bertz CT molecular complexity index is 425. The summed E-state index contributed by atoms with van der Waals surface area (Å²) in [5.74, 6) is 0.826. The van der Waals surface area contributed by atoms with Crippen LogP contribution in [-0.2, 0) is 0 Å². The van der Waals surface area contributed by atoms with Crippen LogP contribution in [0, 0.1) is 12.3 Å². The topological polar surface area (TPSA) is 41.5 Å². The molecule has 1 saturated carbocycles. The van der Waals surface area contributed by atoms with Crippen molar-refractivity contribution in [3.8, 4) is 5.75 Å². The molecule has 2 N–H and O–H groups in total. The van der Waals surface area contributed by atoms with Crippen LogP contribution < -0.4 is 10.1 Å². The quantitative estimate of drug-likeness (QED) is 0.862. The molecule has 1 aliphatic carbocycles. The second-order valence-electron chi connectivity index (χ2n) is 5.17. The molecule has 1 aromatic carbocycles. The number of aliphatic hydroxyl groups excluding tert-OH is 1. The van der Waals surface area contributed by atoms with E-state index in [4.69, 9.17) is 16.3 Å². The first-order valence-electron chi connectivity index (χ1n) is 6.29. The molecule has 0 aromatic heterocycles. The highest BCUT2D eigenvalue weighted by atomic mass is 35.5. The molecule has 0 amide bonds. The summed E-state index contributed by atoms with van der Waals surface area (Å²) in [7, 11) is 1.66. The smallest absolute Gasteiger partial charge is 0.144 e. The van der Waals surface area contributed by atoms with Crippen molar-refractivity contribution in [3.63, 3.8) is 0 Å². The van der Waals surface area contributed by atoms with E-state index in [1.165, 1.54) is 6.42 Å². The van der Waals surface area contributed by atoms with E-state index in [1.807, 2.05) is 19.1 Å². The zero-order valence-corrected chi connectivity index (χ0v) is 11.7. The van der Waals surface area contributed by atoms with Gasteiger partial charge in [-0.15, -0.1) is 0 Å². The lowest BCUT2D eigenvalue weighted by molar-refractivity contribution is 0.0576. The lowest BCUT2D eigenvalue weighted by Crippen LogP contribution is -2.39.